The van der Waals surface area contributed by atoms with Gasteiger partial charge >= 0.3 is 11.9 Å². The summed E-state index contributed by atoms with van der Waals surface area (Å²) in [6.45, 7) is 5.66. The van der Waals surface area contributed by atoms with E-state index in [0.717, 1.165) is 28.0 Å². The van der Waals surface area contributed by atoms with Crippen molar-refractivity contribution in [1.82, 2.24) is 4.98 Å². The Bertz CT molecular complexity index is 1450. The zero-order valence-corrected chi connectivity index (χ0v) is 21.2. The van der Waals surface area contributed by atoms with Gasteiger partial charge in [0.15, 0.2) is 5.92 Å². The third-order valence-electron chi connectivity index (χ3n) is 6.25. The zero-order chi connectivity index (χ0) is 26.5. The van der Waals surface area contributed by atoms with E-state index in [0.29, 0.717) is 28.8 Å². The van der Waals surface area contributed by atoms with Crippen molar-refractivity contribution in [2.45, 2.75) is 27.4 Å². The number of esters is 2. The zero-order valence-electron chi connectivity index (χ0n) is 21.2. The first-order valence-corrected chi connectivity index (χ1v) is 12.0. The van der Waals surface area contributed by atoms with Gasteiger partial charge in [0.2, 0.25) is 0 Å². The Morgan fingerprint density at radius 3 is 2.38 bits per heavy atom. The number of hydrogen-bond donors (Lipinski definition) is 0. The van der Waals surface area contributed by atoms with Crippen LogP contribution >= 0.6 is 0 Å². The molecule has 1 aromatic heterocycles. The molecule has 190 valence electrons. The summed E-state index contributed by atoms with van der Waals surface area (Å²) in [6.07, 6.45) is 0. The summed E-state index contributed by atoms with van der Waals surface area (Å²) in [6, 6.07) is 20.1. The summed E-state index contributed by atoms with van der Waals surface area (Å²) in [4.78, 5) is 28.9. The quantitative estimate of drug-likeness (QED) is 0.209. The molecule has 0 saturated heterocycles. The predicted octanol–water partition coefficient (Wildman–Crippen LogP) is 6.27. The van der Waals surface area contributed by atoms with Gasteiger partial charge in [0.1, 0.15) is 18.2 Å². The van der Waals surface area contributed by atoms with E-state index in [4.69, 9.17) is 14.5 Å². The molecule has 0 fully saturated rings. The van der Waals surface area contributed by atoms with Crippen LogP contribution < -0.4 is 4.74 Å². The van der Waals surface area contributed by atoms with Crippen LogP contribution in [0, 0.1) is 18.7 Å². The number of benzene rings is 3. The van der Waals surface area contributed by atoms with Crippen molar-refractivity contribution >= 4 is 22.8 Å². The molecule has 37 heavy (non-hydrogen) atoms. The molecular formula is C30H28FNO5. The highest BCUT2D eigenvalue weighted by atomic mass is 19.1. The molecule has 1 heterocycles. The van der Waals surface area contributed by atoms with Crippen molar-refractivity contribution in [3.05, 3.63) is 83.7 Å². The van der Waals surface area contributed by atoms with Gasteiger partial charge in [-0.05, 0) is 56.2 Å². The number of fused-ring (bicyclic) bond motifs is 1. The average Bonchev–Trinajstić information content (AvgIpc) is 2.92. The summed E-state index contributed by atoms with van der Waals surface area (Å²) in [5, 5.41) is 0.544. The first kappa shape index (κ1) is 25.8. The van der Waals surface area contributed by atoms with Crippen molar-refractivity contribution in [3.8, 4) is 28.1 Å². The highest BCUT2D eigenvalue weighted by Gasteiger charge is 2.25. The number of rotatable bonds is 8. The number of carbonyl (C=O) groups is 2. The topological polar surface area (TPSA) is 74.7 Å². The van der Waals surface area contributed by atoms with Crippen molar-refractivity contribution in [2.24, 2.45) is 5.92 Å². The molecule has 0 amide bonds. The van der Waals surface area contributed by atoms with Gasteiger partial charge in [-0.15, -0.1) is 0 Å². The molecule has 0 aliphatic heterocycles. The molecular weight excluding hydrogens is 473 g/mol. The molecule has 0 saturated carbocycles. The van der Waals surface area contributed by atoms with Crippen molar-refractivity contribution < 1.29 is 28.2 Å². The first-order chi connectivity index (χ1) is 17.8. The number of para-hydroxylation sites is 1. The second-order valence-electron chi connectivity index (χ2n) is 8.58. The molecule has 4 aromatic rings. The van der Waals surface area contributed by atoms with Crippen LogP contribution in [0.25, 0.3) is 33.3 Å². The van der Waals surface area contributed by atoms with Gasteiger partial charge in [0.05, 0.1) is 24.9 Å². The SMILES string of the molecule is CCOc1ccccc1-c1ccc(-c2nc3ccc(F)cc3c(COC(=O)C(C)C(=O)OC)c2C)cc1. The Kier molecular flexibility index (Phi) is 7.82. The van der Waals surface area contributed by atoms with E-state index in [1.807, 2.05) is 62.4 Å². The maximum atomic E-state index is 14.1. The minimum absolute atomic E-state index is 0.138. The van der Waals surface area contributed by atoms with Crippen LogP contribution in [0.3, 0.4) is 0 Å². The summed E-state index contributed by atoms with van der Waals surface area (Å²) < 4.78 is 30.0. The fourth-order valence-corrected chi connectivity index (χ4v) is 4.20. The Morgan fingerprint density at radius 1 is 0.973 bits per heavy atom. The maximum Gasteiger partial charge on any atom is 0.320 e. The molecule has 1 unspecified atom stereocenters. The minimum Gasteiger partial charge on any atom is -0.493 e. The molecule has 4 rings (SSSR count). The fourth-order valence-electron chi connectivity index (χ4n) is 4.20. The van der Waals surface area contributed by atoms with Crippen molar-refractivity contribution in [3.63, 3.8) is 0 Å². The number of ether oxygens (including phenoxy) is 3. The monoisotopic (exact) mass is 501 g/mol. The van der Waals surface area contributed by atoms with Crippen LogP contribution in [0.5, 0.6) is 5.75 Å². The van der Waals surface area contributed by atoms with E-state index in [-0.39, 0.29) is 6.61 Å². The Balaban J connectivity index is 1.72. The van der Waals surface area contributed by atoms with Crippen LogP contribution in [0.15, 0.2) is 66.7 Å². The Labute approximate surface area is 215 Å². The lowest BCUT2D eigenvalue weighted by Crippen LogP contribution is -2.24. The number of hydrogen-bond acceptors (Lipinski definition) is 6. The van der Waals surface area contributed by atoms with Gasteiger partial charge in [-0.25, -0.2) is 9.37 Å². The third-order valence-corrected chi connectivity index (χ3v) is 6.25. The Hall–Kier alpha value is -4.26. The summed E-state index contributed by atoms with van der Waals surface area (Å²) in [5.41, 5.74) is 5.48. The molecule has 0 N–H and O–H groups in total. The lowest BCUT2D eigenvalue weighted by Gasteiger charge is -2.17. The second kappa shape index (κ2) is 11.2. The van der Waals surface area contributed by atoms with Crippen LogP contribution in [0.1, 0.15) is 25.0 Å². The second-order valence-corrected chi connectivity index (χ2v) is 8.58. The molecule has 0 radical (unpaired) electrons. The van der Waals surface area contributed by atoms with Crippen molar-refractivity contribution in [1.29, 1.82) is 0 Å². The lowest BCUT2D eigenvalue weighted by atomic mass is 9.96. The third kappa shape index (κ3) is 5.45. The maximum absolute atomic E-state index is 14.1. The smallest absolute Gasteiger partial charge is 0.320 e. The van der Waals surface area contributed by atoms with Gasteiger partial charge in [0, 0.05) is 22.1 Å². The number of pyridine rings is 1. The molecule has 6 nitrogen and oxygen atoms in total. The number of nitrogens with zero attached hydrogens (tertiary/aromatic N) is 1. The van der Waals surface area contributed by atoms with E-state index in [2.05, 4.69) is 4.74 Å². The molecule has 0 aliphatic carbocycles. The highest BCUT2D eigenvalue weighted by Crippen LogP contribution is 2.34. The van der Waals surface area contributed by atoms with E-state index >= 15 is 0 Å². The molecule has 1 atom stereocenters. The van der Waals surface area contributed by atoms with E-state index in [9.17, 15) is 14.0 Å². The summed E-state index contributed by atoms with van der Waals surface area (Å²) >= 11 is 0. The molecule has 0 bridgehead atoms. The summed E-state index contributed by atoms with van der Waals surface area (Å²) in [5.74, 6) is -2.08. The fraction of sp³-hybridized carbons (Fsp3) is 0.233. The van der Waals surface area contributed by atoms with Gasteiger partial charge in [-0.3, -0.25) is 9.59 Å². The van der Waals surface area contributed by atoms with Crippen LogP contribution in [-0.4, -0.2) is 30.6 Å². The van der Waals surface area contributed by atoms with Crippen molar-refractivity contribution in [2.75, 3.05) is 13.7 Å². The van der Waals surface area contributed by atoms with Crippen LogP contribution in [0.2, 0.25) is 0 Å². The number of aromatic nitrogens is 1. The number of methoxy groups -OCH3 is 1. The molecule has 7 heteroatoms. The average molecular weight is 502 g/mol. The normalized spacial score (nSPS) is 11.7. The van der Waals surface area contributed by atoms with Gasteiger partial charge in [0.25, 0.3) is 0 Å². The largest absolute Gasteiger partial charge is 0.493 e. The standard InChI is InChI=1S/C30H28FNO5/c1-5-36-27-9-7-6-8-23(27)20-10-12-21(13-11-20)28-18(2)25(17-37-30(34)19(3)29(33)35-4)24-16-22(31)14-15-26(24)32-28/h6-16,19H,5,17H2,1-4H3. The van der Waals surface area contributed by atoms with E-state index in [1.165, 1.54) is 26.2 Å². The number of halogens is 1. The van der Waals surface area contributed by atoms with Gasteiger partial charge < -0.3 is 14.2 Å². The van der Waals surface area contributed by atoms with E-state index < -0.39 is 23.7 Å². The van der Waals surface area contributed by atoms with Gasteiger partial charge in [-0.2, -0.15) is 0 Å². The Morgan fingerprint density at radius 2 is 1.68 bits per heavy atom. The van der Waals surface area contributed by atoms with E-state index in [1.54, 1.807) is 6.07 Å². The highest BCUT2D eigenvalue weighted by molar-refractivity contribution is 5.94. The first-order valence-electron chi connectivity index (χ1n) is 12.0. The lowest BCUT2D eigenvalue weighted by molar-refractivity contribution is -0.160. The molecule has 0 aliphatic rings. The minimum atomic E-state index is -1.07. The van der Waals surface area contributed by atoms with Crippen LogP contribution in [-0.2, 0) is 25.7 Å². The summed E-state index contributed by atoms with van der Waals surface area (Å²) in [7, 11) is 1.21. The molecule has 0 spiro atoms. The molecule has 3 aromatic carbocycles. The van der Waals surface area contributed by atoms with Crippen LogP contribution in [0.4, 0.5) is 4.39 Å². The number of carbonyl (C=O) groups excluding carboxylic acids is 2. The van der Waals surface area contributed by atoms with Gasteiger partial charge in [-0.1, -0.05) is 42.5 Å². The predicted molar refractivity (Wildman–Crippen MR) is 139 cm³/mol.